The molecule has 0 saturated heterocycles. The van der Waals surface area contributed by atoms with Crippen LogP contribution in [-0.4, -0.2) is 19.9 Å². The van der Waals surface area contributed by atoms with Gasteiger partial charge in [-0.05, 0) is 83.3 Å². The highest BCUT2D eigenvalue weighted by atomic mass is 15.2. The number of allylic oxidation sites excluding steroid dienone is 4. The van der Waals surface area contributed by atoms with Crippen molar-refractivity contribution in [1.82, 2.24) is 19.9 Å². The first-order valence-corrected chi connectivity index (χ1v) is 20.7. The van der Waals surface area contributed by atoms with Gasteiger partial charge in [-0.25, -0.2) is 19.9 Å². The summed E-state index contributed by atoms with van der Waals surface area (Å²) in [6.07, 6.45) is 7.46. The van der Waals surface area contributed by atoms with E-state index in [4.69, 9.17) is 19.9 Å². The Bertz CT molecular complexity index is 3170. The topological polar surface area (TPSA) is 54.8 Å². The second-order valence-corrected chi connectivity index (χ2v) is 16.2. The number of rotatable bonds is 7. The zero-order chi connectivity index (χ0) is 40.2. The number of fused-ring (bicyclic) bond motifs is 5. The first kappa shape index (κ1) is 35.6. The van der Waals surface area contributed by atoms with Crippen molar-refractivity contribution >= 4 is 33.4 Å². The Morgan fingerprint density at radius 1 is 0.467 bits per heavy atom. The van der Waals surface area contributed by atoms with Crippen LogP contribution in [0.25, 0.3) is 67.0 Å². The maximum Gasteiger partial charge on any atom is 0.0973 e. The van der Waals surface area contributed by atoms with Crippen molar-refractivity contribution in [2.75, 3.05) is 4.90 Å². The van der Waals surface area contributed by atoms with Crippen molar-refractivity contribution in [2.24, 2.45) is 0 Å². The van der Waals surface area contributed by atoms with E-state index in [2.05, 4.69) is 158 Å². The number of anilines is 2. The lowest BCUT2D eigenvalue weighted by molar-refractivity contribution is 0.660. The molecule has 0 aliphatic heterocycles. The van der Waals surface area contributed by atoms with Crippen LogP contribution in [0, 0.1) is 0 Å². The van der Waals surface area contributed by atoms with Gasteiger partial charge in [0.1, 0.15) is 0 Å². The number of hydrogen-bond donors (Lipinski definition) is 0. The molecule has 2 aliphatic rings. The molecular weight excluding hydrogens is 731 g/mol. The lowest BCUT2D eigenvalue weighted by Gasteiger charge is -2.33. The number of hydrogen-bond acceptors (Lipinski definition) is 5. The SMILES string of the molecule is CC1(C)c2ccccc2-c2ccc(N(C3=CC=CC(c4nc5ccccc5nc4-c4ccccc4)C3)c3cccc(-c4nc5ccccc5nc4-c4ccccc4)c3)cc21. The molecule has 2 aliphatic carbocycles. The van der Waals surface area contributed by atoms with E-state index in [9.17, 15) is 0 Å². The van der Waals surface area contributed by atoms with Crippen molar-refractivity contribution < 1.29 is 0 Å². The van der Waals surface area contributed by atoms with Crippen molar-refractivity contribution in [1.29, 1.82) is 0 Å². The summed E-state index contributed by atoms with van der Waals surface area (Å²) in [6, 6.07) is 61.8. The molecule has 0 radical (unpaired) electrons. The molecule has 9 aromatic rings. The van der Waals surface area contributed by atoms with E-state index in [0.717, 1.165) is 85.0 Å². The number of para-hydroxylation sites is 4. The Hall–Kier alpha value is -7.50. The minimum Gasteiger partial charge on any atom is -0.314 e. The molecule has 5 heteroatoms. The minimum absolute atomic E-state index is 0.0193. The molecule has 1 atom stereocenters. The van der Waals surface area contributed by atoms with Crippen LogP contribution in [0.4, 0.5) is 11.4 Å². The van der Waals surface area contributed by atoms with Crippen molar-refractivity contribution in [3.8, 4) is 44.9 Å². The fourth-order valence-electron chi connectivity index (χ4n) is 9.20. The van der Waals surface area contributed by atoms with Crippen LogP contribution in [0.1, 0.15) is 43.0 Å². The second kappa shape index (κ2) is 14.4. The summed E-state index contributed by atoms with van der Waals surface area (Å²) < 4.78 is 0. The van der Waals surface area contributed by atoms with Crippen LogP contribution >= 0.6 is 0 Å². The Balaban J connectivity index is 1.07. The molecule has 2 heterocycles. The van der Waals surface area contributed by atoms with Gasteiger partial charge in [0, 0.05) is 45.1 Å². The summed E-state index contributed by atoms with van der Waals surface area (Å²) in [5.41, 5.74) is 18.6. The standard InChI is InChI=1S/C55H41N5/c1-55(2)45-26-10-9-25-43(45)44-32-31-42(35-46(44)55)60(40-23-15-21-38(33-40)53-51(36-17-5-3-6-18-36)56-47-27-11-13-29-49(47)58-53)41-24-16-22-39(34-41)54-52(37-19-7-4-8-20-37)57-48-28-12-14-30-50(48)59-54/h3-33,35,39H,34H2,1-2H3. The van der Waals surface area contributed by atoms with Crippen LogP contribution in [0.15, 0.2) is 200 Å². The van der Waals surface area contributed by atoms with E-state index in [1.165, 1.54) is 22.3 Å². The van der Waals surface area contributed by atoms with E-state index in [-0.39, 0.29) is 11.3 Å². The second-order valence-electron chi connectivity index (χ2n) is 16.2. The number of benzene rings is 7. The van der Waals surface area contributed by atoms with Gasteiger partial charge in [0.15, 0.2) is 0 Å². The first-order valence-electron chi connectivity index (χ1n) is 20.7. The molecule has 286 valence electrons. The number of aromatic nitrogens is 4. The normalized spacial score (nSPS) is 15.1. The lowest BCUT2D eigenvalue weighted by atomic mass is 9.82. The maximum absolute atomic E-state index is 5.35. The van der Waals surface area contributed by atoms with Gasteiger partial charge in [0.25, 0.3) is 0 Å². The highest BCUT2D eigenvalue weighted by molar-refractivity contribution is 5.89. The summed E-state index contributed by atoms with van der Waals surface area (Å²) in [7, 11) is 0. The zero-order valence-corrected chi connectivity index (χ0v) is 33.5. The molecule has 11 rings (SSSR count). The highest BCUT2D eigenvalue weighted by Crippen LogP contribution is 2.51. The van der Waals surface area contributed by atoms with Crippen LogP contribution in [0.5, 0.6) is 0 Å². The number of nitrogens with zero attached hydrogens (tertiary/aromatic N) is 5. The molecule has 2 aromatic heterocycles. The van der Waals surface area contributed by atoms with Gasteiger partial charge in [0.05, 0.1) is 44.8 Å². The van der Waals surface area contributed by atoms with E-state index < -0.39 is 0 Å². The van der Waals surface area contributed by atoms with Gasteiger partial charge in [-0.15, -0.1) is 0 Å². The summed E-state index contributed by atoms with van der Waals surface area (Å²) >= 11 is 0. The summed E-state index contributed by atoms with van der Waals surface area (Å²) in [4.78, 5) is 23.5. The first-order chi connectivity index (χ1) is 29.5. The van der Waals surface area contributed by atoms with Crippen LogP contribution < -0.4 is 4.90 Å². The van der Waals surface area contributed by atoms with E-state index in [1.54, 1.807) is 0 Å². The van der Waals surface area contributed by atoms with E-state index in [1.807, 2.05) is 54.6 Å². The molecule has 0 saturated carbocycles. The molecule has 7 aromatic carbocycles. The fourth-order valence-corrected chi connectivity index (χ4v) is 9.20. The molecule has 0 N–H and O–H groups in total. The average molecular weight is 772 g/mol. The Morgan fingerprint density at radius 3 is 1.70 bits per heavy atom. The van der Waals surface area contributed by atoms with Crippen molar-refractivity contribution in [2.45, 2.75) is 31.6 Å². The predicted molar refractivity (Wildman–Crippen MR) is 246 cm³/mol. The van der Waals surface area contributed by atoms with Gasteiger partial charge < -0.3 is 4.90 Å². The van der Waals surface area contributed by atoms with Gasteiger partial charge in [-0.1, -0.05) is 153 Å². The van der Waals surface area contributed by atoms with Gasteiger partial charge in [-0.3, -0.25) is 0 Å². The highest BCUT2D eigenvalue weighted by Gasteiger charge is 2.36. The minimum atomic E-state index is -0.157. The van der Waals surface area contributed by atoms with Crippen molar-refractivity contribution in [3.05, 3.63) is 217 Å². The summed E-state index contributed by atoms with van der Waals surface area (Å²) in [6.45, 7) is 4.69. The molecule has 0 amide bonds. The molecule has 1 unspecified atom stereocenters. The Kier molecular flexibility index (Phi) is 8.56. The lowest BCUT2D eigenvalue weighted by Crippen LogP contribution is -2.21. The van der Waals surface area contributed by atoms with Crippen LogP contribution in [0.2, 0.25) is 0 Å². The Morgan fingerprint density at radius 2 is 1.00 bits per heavy atom. The van der Waals surface area contributed by atoms with Gasteiger partial charge in [-0.2, -0.15) is 0 Å². The van der Waals surface area contributed by atoms with Crippen LogP contribution in [0.3, 0.4) is 0 Å². The van der Waals surface area contributed by atoms with Gasteiger partial charge >= 0.3 is 0 Å². The van der Waals surface area contributed by atoms with Crippen LogP contribution in [-0.2, 0) is 5.41 Å². The third kappa shape index (κ3) is 6.09. The monoisotopic (exact) mass is 771 g/mol. The average Bonchev–Trinajstić information content (AvgIpc) is 3.54. The molecular formula is C55H41N5. The maximum atomic E-state index is 5.35. The summed E-state index contributed by atoms with van der Waals surface area (Å²) in [5.74, 6) is -0.0193. The third-order valence-electron chi connectivity index (χ3n) is 12.2. The third-order valence-corrected chi connectivity index (χ3v) is 12.2. The molecule has 0 fully saturated rings. The van der Waals surface area contributed by atoms with E-state index >= 15 is 0 Å². The molecule has 60 heavy (non-hydrogen) atoms. The Labute approximate surface area is 350 Å². The quantitative estimate of drug-likeness (QED) is 0.161. The molecule has 5 nitrogen and oxygen atoms in total. The smallest absolute Gasteiger partial charge is 0.0973 e. The fraction of sp³-hybridized carbons (Fsp3) is 0.0909. The van der Waals surface area contributed by atoms with Crippen molar-refractivity contribution in [3.63, 3.8) is 0 Å². The zero-order valence-electron chi connectivity index (χ0n) is 33.5. The largest absolute Gasteiger partial charge is 0.314 e. The molecule has 0 bridgehead atoms. The van der Waals surface area contributed by atoms with E-state index in [0.29, 0.717) is 0 Å². The van der Waals surface area contributed by atoms with Gasteiger partial charge in [0.2, 0.25) is 0 Å². The predicted octanol–water partition coefficient (Wildman–Crippen LogP) is 13.6. The summed E-state index contributed by atoms with van der Waals surface area (Å²) in [5, 5.41) is 0. The molecule has 0 spiro atoms.